The van der Waals surface area contributed by atoms with Crippen LogP contribution < -0.4 is 0 Å². The number of hydrogen-bond donors (Lipinski definition) is 3. The minimum absolute atomic E-state index is 0.0500. The van der Waals surface area contributed by atoms with Crippen LogP contribution in [-0.2, 0) is 42.9 Å². The maximum atomic E-state index is 13.1. The third kappa shape index (κ3) is 42.5. The van der Waals surface area contributed by atoms with Crippen molar-refractivity contribution in [1.82, 2.24) is 0 Å². The number of allylic oxidation sites excluding steroid dienone is 14. The highest BCUT2D eigenvalue weighted by Gasteiger charge is 2.50. The van der Waals surface area contributed by atoms with Crippen molar-refractivity contribution in [2.24, 2.45) is 0 Å². The smallest absolute Gasteiger partial charge is 0.335 e. The average molecular weight is 1080 g/mol. The van der Waals surface area contributed by atoms with E-state index in [1.54, 1.807) is 0 Å². The number of hydrogen-bond acceptors (Lipinski definition) is 11. The first-order valence-electron chi connectivity index (χ1n) is 30.6. The van der Waals surface area contributed by atoms with E-state index in [0.29, 0.717) is 19.3 Å². The number of carboxylic acid groups (broad SMARTS) is 1. The van der Waals surface area contributed by atoms with Gasteiger partial charge < -0.3 is 39.0 Å². The Hall–Kier alpha value is -4.10. The summed E-state index contributed by atoms with van der Waals surface area (Å²) in [4.78, 5) is 51.0. The van der Waals surface area contributed by atoms with E-state index in [1.807, 2.05) is 12.2 Å². The number of carbonyl (C=O) groups excluding carboxylic acids is 3. The van der Waals surface area contributed by atoms with Gasteiger partial charge in [-0.3, -0.25) is 14.4 Å². The molecule has 440 valence electrons. The third-order valence-electron chi connectivity index (χ3n) is 13.5. The van der Waals surface area contributed by atoms with Crippen molar-refractivity contribution in [3.05, 3.63) is 85.1 Å². The summed E-state index contributed by atoms with van der Waals surface area (Å²) in [6.45, 7) is 5.79. The third-order valence-corrected chi connectivity index (χ3v) is 13.5. The van der Waals surface area contributed by atoms with E-state index in [2.05, 4.69) is 93.7 Å². The van der Waals surface area contributed by atoms with E-state index in [4.69, 9.17) is 23.7 Å². The van der Waals surface area contributed by atoms with Crippen LogP contribution in [0.2, 0.25) is 0 Å². The molecule has 1 fully saturated rings. The van der Waals surface area contributed by atoms with Crippen LogP contribution in [0.4, 0.5) is 0 Å². The van der Waals surface area contributed by atoms with Crippen LogP contribution in [0.3, 0.4) is 0 Å². The van der Waals surface area contributed by atoms with Crippen molar-refractivity contribution in [2.45, 2.75) is 289 Å². The van der Waals surface area contributed by atoms with Crippen molar-refractivity contribution < 1.29 is 58.2 Å². The molecule has 12 heteroatoms. The van der Waals surface area contributed by atoms with Crippen LogP contribution in [0.5, 0.6) is 0 Å². The second-order valence-corrected chi connectivity index (χ2v) is 20.6. The van der Waals surface area contributed by atoms with Gasteiger partial charge in [0.25, 0.3) is 0 Å². The summed E-state index contributed by atoms with van der Waals surface area (Å²) in [6.07, 6.45) is 55.8. The zero-order chi connectivity index (χ0) is 56.1. The zero-order valence-corrected chi connectivity index (χ0v) is 48.4. The van der Waals surface area contributed by atoms with Crippen LogP contribution >= 0.6 is 0 Å². The van der Waals surface area contributed by atoms with Gasteiger partial charge in [0.05, 0.1) is 6.61 Å². The quantitative estimate of drug-likeness (QED) is 0.0228. The molecular formula is C65H108O12. The lowest BCUT2D eigenvalue weighted by Crippen LogP contribution is -2.61. The van der Waals surface area contributed by atoms with Crippen molar-refractivity contribution in [3.8, 4) is 0 Å². The molecule has 3 N–H and O–H groups in total. The fourth-order valence-electron chi connectivity index (χ4n) is 8.80. The molecule has 0 radical (unpaired) electrons. The number of carbonyl (C=O) groups is 4. The molecule has 1 saturated heterocycles. The van der Waals surface area contributed by atoms with Gasteiger partial charge in [0.2, 0.25) is 0 Å². The van der Waals surface area contributed by atoms with Crippen LogP contribution in [0.15, 0.2) is 85.1 Å². The maximum Gasteiger partial charge on any atom is 0.335 e. The molecule has 77 heavy (non-hydrogen) atoms. The normalized spacial score (nSPS) is 18.6. The van der Waals surface area contributed by atoms with Gasteiger partial charge in [-0.15, -0.1) is 0 Å². The summed E-state index contributed by atoms with van der Waals surface area (Å²) in [5.74, 6) is -3.23. The highest BCUT2D eigenvalue weighted by Crippen LogP contribution is 2.26. The number of aliphatic carboxylic acids is 1. The highest BCUT2D eigenvalue weighted by atomic mass is 16.7. The Balaban J connectivity index is 2.66. The Labute approximate surface area is 467 Å². The molecule has 0 aromatic carbocycles. The number of unbranched alkanes of at least 4 members (excludes halogenated alkanes) is 23. The molecule has 1 rings (SSSR count). The topological polar surface area (TPSA) is 175 Å². The van der Waals surface area contributed by atoms with E-state index in [-0.39, 0.29) is 25.9 Å². The van der Waals surface area contributed by atoms with Gasteiger partial charge in [0, 0.05) is 19.3 Å². The predicted molar refractivity (Wildman–Crippen MR) is 312 cm³/mol. The number of rotatable bonds is 51. The van der Waals surface area contributed by atoms with Gasteiger partial charge in [-0.1, -0.05) is 234 Å². The molecule has 0 saturated carbocycles. The minimum Gasteiger partial charge on any atom is -0.479 e. The highest BCUT2D eigenvalue weighted by molar-refractivity contribution is 5.74. The Morgan fingerprint density at radius 3 is 1.30 bits per heavy atom. The van der Waals surface area contributed by atoms with Gasteiger partial charge >= 0.3 is 23.9 Å². The lowest BCUT2D eigenvalue weighted by atomic mass is 9.98. The molecule has 6 unspecified atom stereocenters. The molecule has 0 aromatic heterocycles. The molecular weight excluding hydrogens is 973 g/mol. The van der Waals surface area contributed by atoms with Crippen LogP contribution in [0.25, 0.3) is 0 Å². The summed E-state index contributed by atoms with van der Waals surface area (Å²) in [5, 5.41) is 31.5. The standard InChI is InChI=1S/C65H108O12/c1-4-7-10-13-16-19-21-23-25-27-29-31-33-35-37-40-42-45-48-51-57(66)73-54-56(75-58(67)52-49-46-43-39-18-15-12-9-6-3)55-74-65-63(61(70)60(69)62(77-65)64(71)72)76-59(68)53-50-47-44-41-38-36-34-32-30-28-26-24-22-20-17-14-11-8-5-2/h7,10,16,19,23-26,29,31,35,37,42,45,56,60-63,65,69-70H,4-6,8-9,11-15,17-18,20-22,27-28,30,32-34,36,38-41,43-44,46-55H2,1-3H3,(H,71,72)/b10-7-,19-16-,25-23-,26-24-,31-29-,37-35-,45-42-. The minimum atomic E-state index is -1.91. The summed E-state index contributed by atoms with van der Waals surface area (Å²) in [6, 6.07) is 0. The number of esters is 3. The van der Waals surface area contributed by atoms with E-state index in [9.17, 15) is 34.5 Å². The van der Waals surface area contributed by atoms with Gasteiger partial charge in [-0.05, 0) is 83.5 Å². The molecule has 1 aliphatic rings. The SMILES string of the molecule is CC/C=C\C/C=C\C/C=C\C/C=C\C/C=C\C/C=C\CCC(=O)OCC(COC1OC(C(=O)O)C(O)C(O)C1OC(=O)CCCCCCCCCCC/C=C\CCCCCCCC)OC(=O)CCCCCCCCCCC. The van der Waals surface area contributed by atoms with Crippen LogP contribution in [0.1, 0.15) is 252 Å². The van der Waals surface area contributed by atoms with Crippen LogP contribution in [-0.4, -0.2) is 89.2 Å². The molecule has 1 heterocycles. The zero-order valence-electron chi connectivity index (χ0n) is 48.4. The lowest BCUT2D eigenvalue weighted by Gasteiger charge is -2.40. The van der Waals surface area contributed by atoms with Gasteiger partial charge in [-0.25, -0.2) is 4.79 Å². The molecule has 0 bridgehead atoms. The Kier molecular flexibility index (Phi) is 48.4. The number of aliphatic hydroxyl groups excluding tert-OH is 2. The first kappa shape index (κ1) is 70.9. The molecule has 0 aromatic rings. The van der Waals surface area contributed by atoms with E-state index < -0.39 is 67.3 Å². The van der Waals surface area contributed by atoms with Gasteiger partial charge in [0.15, 0.2) is 24.6 Å². The summed E-state index contributed by atoms with van der Waals surface area (Å²) >= 11 is 0. The summed E-state index contributed by atoms with van der Waals surface area (Å²) in [7, 11) is 0. The van der Waals surface area contributed by atoms with Crippen LogP contribution in [0, 0.1) is 0 Å². The monoisotopic (exact) mass is 1080 g/mol. The van der Waals surface area contributed by atoms with E-state index in [1.165, 1.54) is 103 Å². The van der Waals surface area contributed by atoms with E-state index in [0.717, 1.165) is 89.9 Å². The fourth-order valence-corrected chi connectivity index (χ4v) is 8.80. The first-order valence-corrected chi connectivity index (χ1v) is 30.6. The summed E-state index contributed by atoms with van der Waals surface area (Å²) in [5.41, 5.74) is 0. The molecule has 0 amide bonds. The second-order valence-electron chi connectivity index (χ2n) is 20.6. The van der Waals surface area contributed by atoms with Crippen molar-refractivity contribution in [1.29, 1.82) is 0 Å². The fraction of sp³-hybridized carbons (Fsp3) is 0.723. The first-order chi connectivity index (χ1) is 37.6. The lowest BCUT2D eigenvalue weighted by molar-refractivity contribution is -0.301. The average Bonchev–Trinajstić information content (AvgIpc) is 3.42. The molecule has 12 nitrogen and oxygen atoms in total. The molecule has 0 spiro atoms. The van der Waals surface area contributed by atoms with Crippen molar-refractivity contribution >= 4 is 23.9 Å². The van der Waals surface area contributed by atoms with Crippen molar-refractivity contribution in [2.75, 3.05) is 13.2 Å². The molecule has 6 atom stereocenters. The second kappa shape index (κ2) is 52.6. The largest absolute Gasteiger partial charge is 0.479 e. The molecule has 1 aliphatic heterocycles. The Morgan fingerprint density at radius 2 is 0.844 bits per heavy atom. The number of aliphatic hydroxyl groups is 2. The number of ether oxygens (including phenoxy) is 5. The van der Waals surface area contributed by atoms with Gasteiger partial charge in [0.1, 0.15) is 18.8 Å². The predicted octanol–water partition coefficient (Wildman–Crippen LogP) is 15.9. The summed E-state index contributed by atoms with van der Waals surface area (Å²) < 4.78 is 28.3. The van der Waals surface area contributed by atoms with E-state index >= 15 is 0 Å². The number of carboxylic acids is 1. The Morgan fingerprint density at radius 1 is 0.442 bits per heavy atom. The van der Waals surface area contributed by atoms with Gasteiger partial charge in [-0.2, -0.15) is 0 Å². The Bertz CT molecular complexity index is 1660. The molecule has 0 aliphatic carbocycles. The maximum absolute atomic E-state index is 13.1. The van der Waals surface area contributed by atoms with Crippen molar-refractivity contribution in [3.63, 3.8) is 0 Å².